The molecule has 1 aromatic heterocycles. The number of aromatic nitrogens is 2. The maximum atomic E-state index is 11.9. The fraction of sp³-hybridized carbons (Fsp3) is 0.433. The van der Waals surface area contributed by atoms with Crippen LogP contribution in [0.25, 0.3) is 22.5 Å². The number of hydrogen-bond donors (Lipinski definition) is 0. The Morgan fingerprint density at radius 1 is 0.857 bits per heavy atom. The Balaban J connectivity index is 1.68. The highest BCUT2D eigenvalue weighted by Crippen LogP contribution is 2.31. The molecule has 5 heteroatoms. The van der Waals surface area contributed by atoms with Gasteiger partial charge >= 0.3 is 5.97 Å². The summed E-state index contributed by atoms with van der Waals surface area (Å²) in [6.07, 6.45) is 6.36. The van der Waals surface area contributed by atoms with Gasteiger partial charge in [-0.1, -0.05) is 73.5 Å². The van der Waals surface area contributed by atoms with Crippen molar-refractivity contribution in [1.82, 2.24) is 9.97 Å². The zero-order valence-electron chi connectivity index (χ0n) is 21.8. The second kappa shape index (κ2) is 12.5. The van der Waals surface area contributed by atoms with Crippen molar-refractivity contribution in [2.75, 3.05) is 11.4 Å². The first kappa shape index (κ1) is 26.4. The topological polar surface area (TPSA) is 55.3 Å². The molecule has 0 N–H and O–H groups in total. The SMILES string of the molecule is CC(C)N(CCCCCCC(=O)OC(C)(C)C)c1cnc(-c2ccccc2)c(-c2ccccc2)n1. The quantitative estimate of drug-likeness (QED) is 0.216. The van der Waals surface area contributed by atoms with E-state index in [1.54, 1.807) is 0 Å². The van der Waals surface area contributed by atoms with Crippen molar-refractivity contribution in [2.24, 2.45) is 0 Å². The summed E-state index contributed by atoms with van der Waals surface area (Å²) in [5.41, 5.74) is 3.51. The fourth-order valence-electron chi connectivity index (χ4n) is 4.06. The van der Waals surface area contributed by atoms with E-state index >= 15 is 0 Å². The minimum absolute atomic E-state index is 0.108. The number of benzene rings is 2. The Bertz CT molecular complexity index is 1060. The van der Waals surface area contributed by atoms with Crippen LogP contribution in [0.2, 0.25) is 0 Å². The number of carbonyl (C=O) groups is 1. The summed E-state index contributed by atoms with van der Waals surface area (Å²) in [6.45, 7) is 11.0. The molecule has 0 aliphatic carbocycles. The van der Waals surface area contributed by atoms with Crippen LogP contribution in [0.1, 0.15) is 66.7 Å². The average molecular weight is 474 g/mol. The molecule has 5 nitrogen and oxygen atoms in total. The van der Waals surface area contributed by atoms with Gasteiger partial charge in [-0.3, -0.25) is 9.78 Å². The molecule has 0 fully saturated rings. The van der Waals surface area contributed by atoms with Crippen LogP contribution in [-0.4, -0.2) is 34.1 Å². The van der Waals surface area contributed by atoms with E-state index in [1.807, 2.05) is 63.4 Å². The minimum Gasteiger partial charge on any atom is -0.460 e. The molecule has 3 rings (SSSR count). The lowest BCUT2D eigenvalue weighted by Crippen LogP contribution is -2.32. The van der Waals surface area contributed by atoms with Gasteiger partial charge in [-0.2, -0.15) is 0 Å². The van der Waals surface area contributed by atoms with Gasteiger partial charge in [-0.25, -0.2) is 4.98 Å². The average Bonchev–Trinajstić information content (AvgIpc) is 2.83. The van der Waals surface area contributed by atoms with Crippen molar-refractivity contribution < 1.29 is 9.53 Å². The lowest BCUT2D eigenvalue weighted by atomic mass is 10.0. The van der Waals surface area contributed by atoms with E-state index in [1.165, 1.54) is 0 Å². The third kappa shape index (κ3) is 8.20. The van der Waals surface area contributed by atoms with Gasteiger partial charge in [-0.05, 0) is 47.5 Å². The van der Waals surface area contributed by atoms with Gasteiger partial charge < -0.3 is 9.64 Å². The molecule has 0 amide bonds. The lowest BCUT2D eigenvalue weighted by molar-refractivity contribution is -0.154. The Morgan fingerprint density at radius 3 is 2.00 bits per heavy atom. The first-order valence-electron chi connectivity index (χ1n) is 12.7. The van der Waals surface area contributed by atoms with E-state index in [9.17, 15) is 4.79 Å². The van der Waals surface area contributed by atoms with Gasteiger partial charge in [0, 0.05) is 30.1 Å². The molecule has 0 spiro atoms. The molecule has 186 valence electrons. The van der Waals surface area contributed by atoms with E-state index in [-0.39, 0.29) is 5.97 Å². The predicted octanol–water partition coefficient (Wildman–Crippen LogP) is 7.32. The number of ether oxygens (including phenoxy) is 1. The van der Waals surface area contributed by atoms with Gasteiger partial charge in [-0.15, -0.1) is 0 Å². The Labute approximate surface area is 210 Å². The fourth-order valence-corrected chi connectivity index (χ4v) is 4.06. The van der Waals surface area contributed by atoms with Crippen LogP contribution in [0.4, 0.5) is 5.82 Å². The molecule has 0 saturated carbocycles. The van der Waals surface area contributed by atoms with Crippen molar-refractivity contribution in [3.05, 3.63) is 66.9 Å². The van der Waals surface area contributed by atoms with E-state index in [2.05, 4.69) is 43.0 Å². The molecule has 0 atom stereocenters. The van der Waals surface area contributed by atoms with Crippen LogP contribution in [0.3, 0.4) is 0 Å². The Morgan fingerprint density at radius 2 is 1.43 bits per heavy atom. The number of unbranched alkanes of at least 4 members (excludes halogenated alkanes) is 3. The molecule has 1 heterocycles. The third-order valence-electron chi connectivity index (χ3n) is 5.72. The van der Waals surface area contributed by atoms with E-state index in [0.717, 1.165) is 60.6 Å². The molecule has 0 radical (unpaired) electrons. The summed E-state index contributed by atoms with van der Waals surface area (Å²) in [7, 11) is 0. The van der Waals surface area contributed by atoms with Crippen LogP contribution < -0.4 is 4.90 Å². The standard InChI is InChI=1S/C30H39N3O2/c1-23(2)33(21-15-7-6-14-20-27(34)35-30(3,4)5)26-22-31-28(24-16-10-8-11-17-24)29(32-26)25-18-12-9-13-19-25/h8-13,16-19,22-23H,6-7,14-15,20-21H2,1-5H3. The van der Waals surface area contributed by atoms with Crippen molar-refractivity contribution in [3.8, 4) is 22.5 Å². The molecule has 0 bridgehead atoms. The normalized spacial score (nSPS) is 11.5. The van der Waals surface area contributed by atoms with Crippen LogP contribution in [0.5, 0.6) is 0 Å². The predicted molar refractivity (Wildman–Crippen MR) is 144 cm³/mol. The number of hydrogen-bond acceptors (Lipinski definition) is 5. The zero-order valence-corrected chi connectivity index (χ0v) is 21.8. The number of anilines is 1. The van der Waals surface area contributed by atoms with Gasteiger partial charge in [0.1, 0.15) is 11.4 Å². The number of nitrogens with zero attached hydrogens (tertiary/aromatic N) is 3. The molecule has 0 aliphatic heterocycles. The summed E-state index contributed by atoms with van der Waals surface area (Å²) in [4.78, 5) is 24.2. The van der Waals surface area contributed by atoms with Gasteiger partial charge in [0.15, 0.2) is 0 Å². The van der Waals surface area contributed by atoms with Gasteiger partial charge in [0.25, 0.3) is 0 Å². The summed E-state index contributed by atoms with van der Waals surface area (Å²) in [5, 5.41) is 0. The van der Waals surface area contributed by atoms with Crippen molar-refractivity contribution in [1.29, 1.82) is 0 Å². The van der Waals surface area contributed by atoms with Crippen molar-refractivity contribution in [2.45, 2.75) is 78.4 Å². The molecular weight excluding hydrogens is 434 g/mol. The molecule has 0 saturated heterocycles. The molecule has 3 aromatic rings. The summed E-state index contributed by atoms with van der Waals surface area (Å²) < 4.78 is 5.40. The monoisotopic (exact) mass is 473 g/mol. The summed E-state index contributed by atoms with van der Waals surface area (Å²) in [5.74, 6) is 0.788. The van der Waals surface area contributed by atoms with Gasteiger partial charge in [0.2, 0.25) is 0 Å². The number of rotatable bonds is 11. The maximum absolute atomic E-state index is 11.9. The van der Waals surface area contributed by atoms with Crippen LogP contribution in [-0.2, 0) is 9.53 Å². The third-order valence-corrected chi connectivity index (χ3v) is 5.72. The van der Waals surface area contributed by atoms with Crippen LogP contribution >= 0.6 is 0 Å². The van der Waals surface area contributed by atoms with E-state index in [4.69, 9.17) is 14.7 Å². The highest BCUT2D eigenvalue weighted by molar-refractivity contribution is 5.78. The highest BCUT2D eigenvalue weighted by atomic mass is 16.6. The number of esters is 1. The summed E-state index contributed by atoms with van der Waals surface area (Å²) >= 11 is 0. The van der Waals surface area contributed by atoms with E-state index < -0.39 is 5.60 Å². The smallest absolute Gasteiger partial charge is 0.306 e. The zero-order chi connectivity index (χ0) is 25.3. The van der Waals surface area contributed by atoms with Gasteiger partial charge in [0.05, 0.1) is 17.6 Å². The lowest BCUT2D eigenvalue weighted by Gasteiger charge is -2.28. The molecular formula is C30H39N3O2. The van der Waals surface area contributed by atoms with Crippen molar-refractivity contribution >= 4 is 11.8 Å². The van der Waals surface area contributed by atoms with Crippen LogP contribution in [0, 0.1) is 0 Å². The minimum atomic E-state index is -0.412. The second-order valence-corrected chi connectivity index (χ2v) is 10.2. The Hall–Kier alpha value is -3.21. The van der Waals surface area contributed by atoms with E-state index in [0.29, 0.717) is 12.5 Å². The molecule has 35 heavy (non-hydrogen) atoms. The van der Waals surface area contributed by atoms with Crippen molar-refractivity contribution in [3.63, 3.8) is 0 Å². The molecule has 0 aliphatic rings. The second-order valence-electron chi connectivity index (χ2n) is 10.2. The Kier molecular flexibility index (Phi) is 9.41. The van der Waals surface area contributed by atoms with Crippen LogP contribution in [0.15, 0.2) is 66.9 Å². The first-order chi connectivity index (χ1) is 16.7. The number of carbonyl (C=O) groups excluding carboxylic acids is 1. The first-order valence-corrected chi connectivity index (χ1v) is 12.7. The largest absolute Gasteiger partial charge is 0.460 e. The summed E-state index contributed by atoms with van der Waals surface area (Å²) in [6, 6.07) is 20.8. The molecule has 2 aromatic carbocycles. The molecule has 0 unspecified atom stereocenters. The maximum Gasteiger partial charge on any atom is 0.306 e. The highest BCUT2D eigenvalue weighted by Gasteiger charge is 2.18.